The summed E-state index contributed by atoms with van der Waals surface area (Å²) in [6.45, 7) is 0. The number of benzene rings is 1. The average molecular weight is 246 g/mol. The molecular weight excluding hydrogens is 232 g/mol. The van der Waals surface area contributed by atoms with Gasteiger partial charge in [-0.1, -0.05) is 18.2 Å². The molecule has 0 N–H and O–H groups in total. The second-order valence-corrected chi connectivity index (χ2v) is 4.75. The van der Waals surface area contributed by atoms with Crippen LogP contribution >= 0.6 is 11.8 Å². The first-order chi connectivity index (χ1) is 8.25. The van der Waals surface area contributed by atoms with Crippen LogP contribution in [0.2, 0.25) is 0 Å². The highest BCUT2D eigenvalue weighted by atomic mass is 32.2. The monoisotopic (exact) mass is 246 g/mol. The molecule has 0 fully saturated rings. The Labute approximate surface area is 105 Å². The lowest BCUT2D eigenvalue weighted by Gasteiger charge is -2.09. The van der Waals surface area contributed by atoms with Crippen molar-refractivity contribution in [3.05, 3.63) is 42.5 Å². The Bertz CT molecular complexity index is 473. The number of aromatic nitrogens is 3. The zero-order valence-corrected chi connectivity index (χ0v) is 10.7. The van der Waals surface area contributed by atoms with Crippen molar-refractivity contribution in [3.8, 4) is 0 Å². The number of thioether (sulfide) groups is 1. The van der Waals surface area contributed by atoms with Gasteiger partial charge < -0.3 is 4.90 Å². The Morgan fingerprint density at radius 3 is 2.59 bits per heavy atom. The fourth-order valence-corrected chi connectivity index (χ4v) is 2.05. The van der Waals surface area contributed by atoms with E-state index in [2.05, 4.69) is 27.1 Å². The van der Waals surface area contributed by atoms with E-state index < -0.39 is 0 Å². The molecule has 1 heterocycles. The molecule has 0 amide bonds. The molecule has 0 aliphatic rings. The van der Waals surface area contributed by atoms with E-state index in [9.17, 15) is 0 Å². The molecule has 88 valence electrons. The number of nitrogens with zero attached hydrogens (tertiary/aromatic N) is 4. The second kappa shape index (κ2) is 5.63. The first-order valence-corrected chi connectivity index (χ1v) is 6.27. The Kier molecular flexibility index (Phi) is 3.93. The van der Waals surface area contributed by atoms with Gasteiger partial charge in [0.2, 0.25) is 5.95 Å². The van der Waals surface area contributed by atoms with Gasteiger partial charge in [-0.2, -0.15) is 4.98 Å². The van der Waals surface area contributed by atoms with Crippen LogP contribution in [0.3, 0.4) is 0 Å². The van der Waals surface area contributed by atoms with Gasteiger partial charge in [0.1, 0.15) is 12.2 Å². The van der Waals surface area contributed by atoms with E-state index in [0.29, 0.717) is 5.95 Å². The van der Waals surface area contributed by atoms with Gasteiger partial charge in [-0.25, -0.2) is 9.97 Å². The van der Waals surface area contributed by atoms with Gasteiger partial charge in [-0.3, -0.25) is 0 Å². The normalized spacial score (nSPS) is 10.2. The second-order valence-electron chi connectivity index (χ2n) is 3.70. The molecule has 0 aliphatic carbocycles. The SMILES string of the molecule is CN(C)c1ncnc(CSc2ccccc2)n1. The highest BCUT2D eigenvalue weighted by Gasteiger charge is 2.03. The third-order valence-corrected chi connectivity index (χ3v) is 3.13. The Morgan fingerprint density at radius 1 is 1.12 bits per heavy atom. The van der Waals surface area contributed by atoms with E-state index in [1.54, 1.807) is 18.1 Å². The Hall–Kier alpha value is -1.62. The molecule has 0 radical (unpaired) electrons. The van der Waals surface area contributed by atoms with Gasteiger partial charge in [0.05, 0.1) is 5.75 Å². The minimum Gasteiger partial charge on any atom is -0.347 e. The van der Waals surface area contributed by atoms with E-state index in [1.165, 1.54) is 4.90 Å². The lowest BCUT2D eigenvalue weighted by molar-refractivity contribution is 0.909. The predicted octanol–water partition coefficient (Wildman–Crippen LogP) is 2.23. The quantitative estimate of drug-likeness (QED) is 0.774. The van der Waals surface area contributed by atoms with Crippen LogP contribution in [-0.2, 0) is 5.75 Å². The van der Waals surface area contributed by atoms with Gasteiger partial charge in [-0.15, -0.1) is 11.8 Å². The molecule has 17 heavy (non-hydrogen) atoms. The van der Waals surface area contributed by atoms with E-state index >= 15 is 0 Å². The van der Waals surface area contributed by atoms with Crippen molar-refractivity contribution in [3.63, 3.8) is 0 Å². The van der Waals surface area contributed by atoms with E-state index in [-0.39, 0.29) is 0 Å². The third kappa shape index (κ3) is 3.42. The van der Waals surface area contributed by atoms with E-state index in [4.69, 9.17) is 0 Å². The minimum absolute atomic E-state index is 0.698. The fraction of sp³-hybridized carbons (Fsp3) is 0.250. The van der Waals surface area contributed by atoms with E-state index in [1.807, 2.05) is 37.2 Å². The van der Waals surface area contributed by atoms with Crippen molar-refractivity contribution in [2.45, 2.75) is 10.6 Å². The van der Waals surface area contributed by atoms with Crippen LogP contribution in [0.5, 0.6) is 0 Å². The summed E-state index contributed by atoms with van der Waals surface area (Å²) in [4.78, 5) is 15.7. The van der Waals surface area contributed by atoms with Crippen molar-refractivity contribution in [1.29, 1.82) is 0 Å². The van der Waals surface area contributed by atoms with Crippen molar-refractivity contribution in [2.75, 3.05) is 19.0 Å². The van der Waals surface area contributed by atoms with Crippen LogP contribution in [-0.4, -0.2) is 29.0 Å². The molecule has 4 nitrogen and oxygen atoms in total. The number of hydrogen-bond acceptors (Lipinski definition) is 5. The summed E-state index contributed by atoms with van der Waals surface area (Å²) in [5.41, 5.74) is 0. The van der Waals surface area contributed by atoms with Crippen molar-refractivity contribution in [1.82, 2.24) is 15.0 Å². The maximum Gasteiger partial charge on any atom is 0.228 e. The molecule has 0 aliphatic heterocycles. The summed E-state index contributed by atoms with van der Waals surface area (Å²) in [5.74, 6) is 2.26. The van der Waals surface area contributed by atoms with Gasteiger partial charge >= 0.3 is 0 Å². The molecule has 0 saturated heterocycles. The molecule has 5 heteroatoms. The molecule has 1 aromatic heterocycles. The Morgan fingerprint density at radius 2 is 1.88 bits per heavy atom. The van der Waals surface area contributed by atoms with Crippen molar-refractivity contribution < 1.29 is 0 Å². The zero-order chi connectivity index (χ0) is 12.1. The summed E-state index contributed by atoms with van der Waals surface area (Å²) >= 11 is 1.72. The smallest absolute Gasteiger partial charge is 0.228 e. The Balaban J connectivity index is 2.02. The molecule has 0 unspecified atom stereocenters. The predicted molar refractivity (Wildman–Crippen MR) is 70.2 cm³/mol. The van der Waals surface area contributed by atoms with Gasteiger partial charge in [0, 0.05) is 19.0 Å². The summed E-state index contributed by atoms with van der Waals surface area (Å²) in [5, 5.41) is 0. The van der Waals surface area contributed by atoms with Crippen LogP contribution in [0.15, 0.2) is 41.6 Å². The summed E-state index contributed by atoms with van der Waals surface area (Å²) < 4.78 is 0. The van der Waals surface area contributed by atoms with Crippen LogP contribution in [0.25, 0.3) is 0 Å². The first-order valence-electron chi connectivity index (χ1n) is 5.29. The molecule has 1 aromatic carbocycles. The third-order valence-electron chi connectivity index (χ3n) is 2.12. The maximum atomic E-state index is 4.37. The largest absolute Gasteiger partial charge is 0.347 e. The highest BCUT2D eigenvalue weighted by Crippen LogP contribution is 2.20. The summed E-state index contributed by atoms with van der Waals surface area (Å²) in [6, 6.07) is 10.2. The number of rotatable bonds is 4. The standard InChI is InChI=1S/C12H14N4S/c1-16(2)12-14-9-13-11(15-12)8-17-10-6-4-3-5-7-10/h3-7,9H,8H2,1-2H3. The lowest BCUT2D eigenvalue weighted by Crippen LogP contribution is -2.13. The molecule has 0 saturated carbocycles. The molecule has 2 rings (SSSR count). The number of anilines is 1. The fourth-order valence-electron chi connectivity index (χ4n) is 1.27. The van der Waals surface area contributed by atoms with Crippen LogP contribution < -0.4 is 4.90 Å². The van der Waals surface area contributed by atoms with E-state index in [0.717, 1.165) is 11.6 Å². The zero-order valence-electron chi connectivity index (χ0n) is 9.87. The van der Waals surface area contributed by atoms with Crippen molar-refractivity contribution in [2.24, 2.45) is 0 Å². The summed E-state index contributed by atoms with van der Waals surface area (Å²) in [6.07, 6.45) is 1.56. The highest BCUT2D eigenvalue weighted by molar-refractivity contribution is 7.98. The van der Waals surface area contributed by atoms with Gasteiger partial charge in [0.25, 0.3) is 0 Å². The molecule has 0 atom stereocenters. The molecule has 2 aromatic rings. The van der Waals surface area contributed by atoms with Gasteiger partial charge in [0.15, 0.2) is 0 Å². The average Bonchev–Trinajstić information content (AvgIpc) is 2.38. The minimum atomic E-state index is 0.698. The van der Waals surface area contributed by atoms with Crippen LogP contribution in [0.1, 0.15) is 5.82 Å². The van der Waals surface area contributed by atoms with Crippen LogP contribution in [0, 0.1) is 0 Å². The topological polar surface area (TPSA) is 41.9 Å². The number of hydrogen-bond donors (Lipinski definition) is 0. The first kappa shape index (κ1) is 11.9. The molecular formula is C12H14N4S. The lowest BCUT2D eigenvalue weighted by atomic mass is 10.4. The maximum absolute atomic E-state index is 4.37. The molecule has 0 spiro atoms. The van der Waals surface area contributed by atoms with Crippen molar-refractivity contribution >= 4 is 17.7 Å². The molecule has 0 bridgehead atoms. The summed E-state index contributed by atoms with van der Waals surface area (Å²) in [7, 11) is 3.84. The van der Waals surface area contributed by atoms with Crippen LogP contribution in [0.4, 0.5) is 5.95 Å². The van der Waals surface area contributed by atoms with Gasteiger partial charge in [-0.05, 0) is 12.1 Å².